The van der Waals surface area contributed by atoms with Crippen molar-refractivity contribution in [2.45, 2.75) is 12.5 Å². The van der Waals surface area contributed by atoms with E-state index in [4.69, 9.17) is 9.26 Å². The van der Waals surface area contributed by atoms with E-state index in [0.717, 1.165) is 11.3 Å². The van der Waals surface area contributed by atoms with E-state index >= 15 is 0 Å². The van der Waals surface area contributed by atoms with Gasteiger partial charge in [0, 0.05) is 11.6 Å². The van der Waals surface area contributed by atoms with Crippen LogP contribution in [0.5, 0.6) is 5.75 Å². The Bertz CT molecular complexity index is 638. The minimum Gasteiger partial charge on any atom is -0.497 e. The molecule has 1 aliphatic heterocycles. The van der Waals surface area contributed by atoms with Crippen LogP contribution in [0, 0.1) is 0 Å². The van der Waals surface area contributed by atoms with Crippen molar-refractivity contribution in [2.75, 3.05) is 18.6 Å². The zero-order valence-electron chi connectivity index (χ0n) is 10.9. The number of anilines is 1. The molecule has 104 valence electrons. The van der Waals surface area contributed by atoms with Crippen LogP contribution in [0.2, 0.25) is 0 Å². The molecule has 1 atom stereocenters. The second-order valence-electron chi connectivity index (χ2n) is 4.64. The molecule has 0 spiro atoms. The monoisotopic (exact) mass is 274 g/mol. The summed E-state index contributed by atoms with van der Waals surface area (Å²) in [5.74, 6) is 0.912. The Balaban J connectivity index is 1.88. The number of β-amino-alcohol motifs (C(OH)–C–C–N with tert-alkyl or cyclic N) is 1. The summed E-state index contributed by atoms with van der Waals surface area (Å²) in [6.07, 6.45) is -0.525. The van der Waals surface area contributed by atoms with Crippen molar-refractivity contribution in [1.29, 1.82) is 0 Å². The predicted octanol–water partition coefficient (Wildman–Crippen LogP) is 1.45. The van der Waals surface area contributed by atoms with Crippen LogP contribution in [0.25, 0.3) is 11.3 Å². The summed E-state index contributed by atoms with van der Waals surface area (Å²) >= 11 is 0. The number of aromatic nitrogens is 1. The van der Waals surface area contributed by atoms with Gasteiger partial charge >= 0.3 is 0 Å². The first-order valence-electron chi connectivity index (χ1n) is 6.27. The molecule has 2 heterocycles. The summed E-state index contributed by atoms with van der Waals surface area (Å²) in [6.45, 7) is 0.242. The number of hydrogen-bond donors (Lipinski definition) is 1. The molecule has 1 aromatic heterocycles. The first kappa shape index (κ1) is 12.7. The molecule has 0 saturated carbocycles. The van der Waals surface area contributed by atoms with Gasteiger partial charge in [0.15, 0.2) is 0 Å². The molecule has 6 nitrogen and oxygen atoms in total. The molecule has 1 saturated heterocycles. The normalized spacial score (nSPS) is 18.6. The van der Waals surface area contributed by atoms with Crippen LogP contribution in [-0.4, -0.2) is 35.9 Å². The molecular weight excluding hydrogens is 260 g/mol. The molecule has 0 radical (unpaired) electrons. The molecule has 1 N–H and O–H groups in total. The molecule has 3 rings (SSSR count). The van der Waals surface area contributed by atoms with Gasteiger partial charge in [0.25, 0.3) is 0 Å². The van der Waals surface area contributed by atoms with Crippen molar-refractivity contribution in [3.8, 4) is 17.0 Å². The fourth-order valence-electron chi connectivity index (χ4n) is 2.21. The van der Waals surface area contributed by atoms with Gasteiger partial charge in [0.1, 0.15) is 11.4 Å². The molecule has 1 aromatic carbocycles. The third-order valence-corrected chi connectivity index (χ3v) is 3.23. The highest BCUT2D eigenvalue weighted by molar-refractivity contribution is 5.95. The van der Waals surface area contributed by atoms with Crippen LogP contribution >= 0.6 is 0 Å². The number of carbonyl (C=O) groups excluding carboxylic acids is 1. The highest BCUT2D eigenvalue weighted by Gasteiger charge is 2.31. The van der Waals surface area contributed by atoms with Crippen LogP contribution in [-0.2, 0) is 4.79 Å². The smallest absolute Gasteiger partial charge is 0.234 e. The summed E-state index contributed by atoms with van der Waals surface area (Å²) in [7, 11) is 1.59. The van der Waals surface area contributed by atoms with E-state index in [2.05, 4.69) is 5.16 Å². The Morgan fingerprint density at radius 3 is 3.00 bits per heavy atom. The number of rotatable bonds is 3. The quantitative estimate of drug-likeness (QED) is 0.916. The second kappa shape index (κ2) is 4.97. The third-order valence-electron chi connectivity index (χ3n) is 3.23. The topological polar surface area (TPSA) is 75.8 Å². The number of methoxy groups -OCH3 is 1. The van der Waals surface area contributed by atoms with Crippen LogP contribution in [0.15, 0.2) is 34.9 Å². The maximum absolute atomic E-state index is 11.7. The minimum absolute atomic E-state index is 0.120. The molecule has 2 aromatic rings. The number of aliphatic hydroxyl groups is 1. The van der Waals surface area contributed by atoms with E-state index in [1.807, 2.05) is 24.3 Å². The van der Waals surface area contributed by atoms with E-state index < -0.39 is 6.10 Å². The highest BCUT2D eigenvalue weighted by Crippen LogP contribution is 2.28. The number of carbonyl (C=O) groups is 1. The van der Waals surface area contributed by atoms with Crippen molar-refractivity contribution < 1.29 is 19.2 Å². The van der Waals surface area contributed by atoms with Crippen molar-refractivity contribution >= 4 is 11.8 Å². The zero-order chi connectivity index (χ0) is 14.1. The van der Waals surface area contributed by atoms with Gasteiger partial charge in [-0.15, -0.1) is 0 Å². The lowest BCUT2D eigenvalue weighted by atomic mass is 10.1. The van der Waals surface area contributed by atoms with E-state index in [1.165, 1.54) is 4.90 Å². The lowest BCUT2D eigenvalue weighted by Crippen LogP contribution is -2.24. The van der Waals surface area contributed by atoms with Crippen LogP contribution in [0.3, 0.4) is 0 Å². The molecule has 1 fully saturated rings. The fourth-order valence-corrected chi connectivity index (χ4v) is 2.21. The fraction of sp³-hybridized carbons (Fsp3) is 0.286. The number of ether oxygens (including phenoxy) is 1. The summed E-state index contributed by atoms with van der Waals surface area (Å²) in [5.41, 5.74) is 1.46. The van der Waals surface area contributed by atoms with Crippen molar-refractivity contribution in [2.24, 2.45) is 0 Å². The SMILES string of the molecule is COc1cccc(-c2cc(N3CC(O)CC3=O)on2)c1. The molecule has 1 unspecified atom stereocenters. The number of hydrogen-bond acceptors (Lipinski definition) is 5. The minimum atomic E-state index is -0.645. The van der Waals surface area contributed by atoms with Gasteiger partial charge in [-0.05, 0) is 12.1 Å². The van der Waals surface area contributed by atoms with Crippen molar-refractivity contribution in [1.82, 2.24) is 5.16 Å². The lowest BCUT2D eigenvalue weighted by molar-refractivity contribution is -0.117. The molecule has 1 amide bonds. The van der Waals surface area contributed by atoms with Gasteiger partial charge in [-0.25, -0.2) is 0 Å². The van der Waals surface area contributed by atoms with Gasteiger partial charge in [0.05, 0.1) is 26.2 Å². The van der Waals surface area contributed by atoms with Crippen LogP contribution in [0.4, 0.5) is 5.88 Å². The highest BCUT2D eigenvalue weighted by atomic mass is 16.5. The van der Waals surface area contributed by atoms with Crippen LogP contribution in [0.1, 0.15) is 6.42 Å². The Hall–Kier alpha value is -2.34. The van der Waals surface area contributed by atoms with Crippen molar-refractivity contribution in [3.05, 3.63) is 30.3 Å². The standard InChI is InChI=1S/C14H14N2O4/c1-19-11-4-2-3-9(5-11)12-7-14(20-15-12)16-8-10(17)6-13(16)18/h2-5,7,10,17H,6,8H2,1H3. The largest absolute Gasteiger partial charge is 0.497 e. The first-order chi connectivity index (χ1) is 9.67. The van der Waals surface area contributed by atoms with Gasteiger partial charge < -0.3 is 14.4 Å². The van der Waals surface area contributed by atoms with Crippen LogP contribution < -0.4 is 9.64 Å². The summed E-state index contributed by atoms with van der Waals surface area (Å²) < 4.78 is 10.4. The summed E-state index contributed by atoms with van der Waals surface area (Å²) in [4.78, 5) is 13.1. The number of aliphatic hydroxyl groups excluding tert-OH is 1. The lowest BCUT2D eigenvalue weighted by Gasteiger charge is -2.09. The Labute approximate surface area is 115 Å². The maximum atomic E-state index is 11.7. The molecular formula is C14H14N2O4. The van der Waals surface area contributed by atoms with Gasteiger partial charge in [-0.1, -0.05) is 17.3 Å². The number of amides is 1. The van der Waals surface area contributed by atoms with E-state index in [0.29, 0.717) is 11.6 Å². The van der Waals surface area contributed by atoms with Gasteiger partial charge in [0.2, 0.25) is 11.8 Å². The molecule has 1 aliphatic rings. The average Bonchev–Trinajstić information content (AvgIpc) is 3.05. The Morgan fingerprint density at radius 1 is 1.45 bits per heavy atom. The summed E-state index contributed by atoms with van der Waals surface area (Å²) in [5, 5.41) is 13.4. The van der Waals surface area contributed by atoms with E-state index in [9.17, 15) is 9.90 Å². The third kappa shape index (κ3) is 2.25. The van der Waals surface area contributed by atoms with E-state index in [1.54, 1.807) is 13.2 Å². The predicted molar refractivity (Wildman–Crippen MR) is 71.5 cm³/mol. The molecule has 0 aliphatic carbocycles. The average molecular weight is 274 g/mol. The Kier molecular flexibility index (Phi) is 3.15. The van der Waals surface area contributed by atoms with Crippen molar-refractivity contribution in [3.63, 3.8) is 0 Å². The van der Waals surface area contributed by atoms with Gasteiger partial charge in [-0.3, -0.25) is 9.69 Å². The number of benzene rings is 1. The Morgan fingerprint density at radius 2 is 2.30 bits per heavy atom. The first-order valence-corrected chi connectivity index (χ1v) is 6.27. The number of nitrogens with zero attached hydrogens (tertiary/aromatic N) is 2. The molecule has 20 heavy (non-hydrogen) atoms. The van der Waals surface area contributed by atoms with Gasteiger partial charge in [-0.2, -0.15) is 0 Å². The summed E-state index contributed by atoms with van der Waals surface area (Å²) in [6, 6.07) is 9.09. The zero-order valence-corrected chi connectivity index (χ0v) is 10.9. The molecule has 6 heteroatoms. The maximum Gasteiger partial charge on any atom is 0.234 e. The van der Waals surface area contributed by atoms with E-state index in [-0.39, 0.29) is 18.9 Å². The molecule has 0 bridgehead atoms. The second-order valence-corrected chi connectivity index (χ2v) is 4.64.